The number of terminal acetylenes is 1. The number of aliphatic hydroxyl groups is 2. The summed E-state index contributed by atoms with van der Waals surface area (Å²) in [5, 5.41) is 19.1. The first kappa shape index (κ1) is 16.3. The highest BCUT2D eigenvalue weighted by Crippen LogP contribution is 2.48. The summed E-state index contributed by atoms with van der Waals surface area (Å²) >= 11 is 0. The molecule has 4 N–H and O–H groups in total. The van der Waals surface area contributed by atoms with Crippen LogP contribution in [0.2, 0.25) is 0 Å². The molecule has 0 saturated carbocycles. The molecule has 1 aromatic rings. The van der Waals surface area contributed by atoms with Crippen LogP contribution in [0.15, 0.2) is 17.1 Å². The lowest BCUT2D eigenvalue weighted by Crippen LogP contribution is -2.46. The van der Waals surface area contributed by atoms with E-state index in [-0.39, 0.29) is 5.82 Å². The van der Waals surface area contributed by atoms with Crippen molar-refractivity contribution >= 4 is 5.82 Å². The van der Waals surface area contributed by atoms with Gasteiger partial charge in [0.15, 0.2) is 11.8 Å². The van der Waals surface area contributed by atoms with Crippen LogP contribution in [0.4, 0.5) is 19.0 Å². The zero-order valence-electron chi connectivity index (χ0n) is 11.0. The third kappa shape index (κ3) is 2.43. The van der Waals surface area contributed by atoms with Crippen molar-refractivity contribution in [3.8, 4) is 12.3 Å². The first-order chi connectivity index (χ1) is 10.2. The number of nitrogen functional groups attached to an aromatic ring is 1. The summed E-state index contributed by atoms with van der Waals surface area (Å²) in [5.41, 5.74) is 1.90. The van der Waals surface area contributed by atoms with Crippen LogP contribution in [0.1, 0.15) is 6.23 Å². The van der Waals surface area contributed by atoms with Gasteiger partial charge in [-0.1, -0.05) is 5.92 Å². The summed E-state index contributed by atoms with van der Waals surface area (Å²) in [6, 6.07) is 1.10. The van der Waals surface area contributed by atoms with Gasteiger partial charge in [0.1, 0.15) is 17.8 Å². The maximum Gasteiger partial charge on any atom is 0.398 e. The van der Waals surface area contributed by atoms with Crippen LogP contribution < -0.4 is 11.4 Å². The van der Waals surface area contributed by atoms with Gasteiger partial charge in [0, 0.05) is 6.20 Å². The highest BCUT2D eigenvalue weighted by molar-refractivity contribution is 5.24. The fourth-order valence-electron chi connectivity index (χ4n) is 2.29. The van der Waals surface area contributed by atoms with E-state index in [1.165, 1.54) is 0 Å². The van der Waals surface area contributed by atoms with Crippen molar-refractivity contribution in [1.29, 1.82) is 0 Å². The molecule has 0 aliphatic carbocycles. The summed E-state index contributed by atoms with van der Waals surface area (Å²) < 4.78 is 45.2. The van der Waals surface area contributed by atoms with Crippen LogP contribution >= 0.6 is 0 Å². The predicted octanol–water partition coefficient (Wildman–Crippen LogP) is -0.742. The molecule has 0 amide bonds. The first-order valence-corrected chi connectivity index (χ1v) is 6.02. The van der Waals surface area contributed by atoms with Gasteiger partial charge in [0.2, 0.25) is 0 Å². The number of alkyl halides is 3. The van der Waals surface area contributed by atoms with Gasteiger partial charge in [0.05, 0.1) is 6.61 Å². The Bertz CT molecular complexity index is 669. The first-order valence-electron chi connectivity index (χ1n) is 6.02. The molecule has 120 valence electrons. The number of aromatic nitrogens is 2. The third-order valence-corrected chi connectivity index (χ3v) is 3.44. The van der Waals surface area contributed by atoms with Crippen LogP contribution in [-0.2, 0) is 4.74 Å². The average Bonchev–Trinajstić information content (AvgIpc) is 2.72. The molecule has 2 heterocycles. The zero-order valence-corrected chi connectivity index (χ0v) is 11.0. The highest BCUT2D eigenvalue weighted by Gasteiger charge is 2.64. The topological polar surface area (TPSA) is 111 Å². The lowest BCUT2D eigenvalue weighted by Gasteiger charge is -2.25. The number of hydrogen-bond acceptors (Lipinski definition) is 6. The summed E-state index contributed by atoms with van der Waals surface area (Å²) in [5.74, 6) is -0.875. The SMILES string of the molecule is C#C[C@]1(CO)O[C@@H](n2ccc(N)nc2=O)[C@H](C(F)(F)F)[C@@H]1O. The van der Waals surface area contributed by atoms with Crippen molar-refractivity contribution in [2.75, 3.05) is 12.3 Å². The monoisotopic (exact) mass is 319 g/mol. The molecule has 7 nitrogen and oxygen atoms in total. The maximum atomic E-state index is 13.2. The van der Waals surface area contributed by atoms with Crippen molar-refractivity contribution in [3.05, 3.63) is 22.7 Å². The average molecular weight is 319 g/mol. The van der Waals surface area contributed by atoms with Gasteiger partial charge in [-0.3, -0.25) is 4.57 Å². The molecule has 2 rings (SSSR count). The molecule has 0 unspecified atom stereocenters. The minimum atomic E-state index is -4.93. The Morgan fingerprint density at radius 3 is 2.68 bits per heavy atom. The highest BCUT2D eigenvalue weighted by atomic mass is 19.4. The van der Waals surface area contributed by atoms with Crippen molar-refractivity contribution < 1.29 is 28.1 Å². The van der Waals surface area contributed by atoms with E-state index in [4.69, 9.17) is 16.9 Å². The fourth-order valence-corrected chi connectivity index (χ4v) is 2.29. The largest absolute Gasteiger partial charge is 0.398 e. The second-order valence-electron chi connectivity index (χ2n) is 4.75. The lowest BCUT2D eigenvalue weighted by molar-refractivity contribution is -0.211. The molecule has 1 aliphatic heterocycles. The van der Waals surface area contributed by atoms with E-state index in [0.717, 1.165) is 12.3 Å². The summed E-state index contributed by atoms with van der Waals surface area (Å²) in [6.45, 7) is -1.05. The number of hydrogen-bond donors (Lipinski definition) is 3. The molecule has 1 fully saturated rings. The van der Waals surface area contributed by atoms with Crippen molar-refractivity contribution in [3.63, 3.8) is 0 Å². The molecular formula is C12H12F3N3O4. The Kier molecular flexibility index (Phi) is 3.90. The van der Waals surface area contributed by atoms with E-state index < -0.39 is 42.3 Å². The van der Waals surface area contributed by atoms with Gasteiger partial charge in [-0.2, -0.15) is 18.2 Å². The third-order valence-electron chi connectivity index (χ3n) is 3.44. The van der Waals surface area contributed by atoms with Crippen LogP contribution in [0.5, 0.6) is 0 Å². The lowest BCUT2D eigenvalue weighted by atomic mass is 9.90. The Morgan fingerprint density at radius 2 is 2.23 bits per heavy atom. The zero-order chi connectivity index (χ0) is 16.7. The van der Waals surface area contributed by atoms with E-state index in [2.05, 4.69) is 4.98 Å². The molecule has 1 aromatic heterocycles. The second kappa shape index (κ2) is 5.28. The van der Waals surface area contributed by atoms with Gasteiger partial charge >= 0.3 is 11.9 Å². The number of rotatable bonds is 2. The standard InChI is InChI=1S/C12H12F3N3O4/c1-2-11(5-19)8(20)7(12(13,14)15)9(22-11)18-4-3-6(16)17-10(18)21/h1,3-4,7-9,19-20H,5H2,(H2,16,17,21)/t7-,8+,9-,11-/m1/s1. The van der Waals surface area contributed by atoms with Gasteiger partial charge in [0.25, 0.3) is 0 Å². The number of aliphatic hydroxyl groups excluding tert-OH is 2. The number of halogens is 3. The van der Waals surface area contributed by atoms with E-state index in [1.54, 1.807) is 0 Å². The number of anilines is 1. The van der Waals surface area contributed by atoms with Crippen molar-refractivity contribution in [2.24, 2.45) is 5.92 Å². The second-order valence-corrected chi connectivity index (χ2v) is 4.75. The Labute approximate surface area is 122 Å². The van der Waals surface area contributed by atoms with E-state index in [9.17, 15) is 28.2 Å². The van der Waals surface area contributed by atoms with E-state index in [1.807, 2.05) is 5.92 Å². The maximum absolute atomic E-state index is 13.2. The molecule has 0 aromatic carbocycles. The Morgan fingerprint density at radius 1 is 1.59 bits per heavy atom. The van der Waals surface area contributed by atoms with Crippen molar-refractivity contribution in [2.45, 2.75) is 24.1 Å². The Hall–Kier alpha value is -2.09. The number of ether oxygens (including phenoxy) is 1. The van der Waals surface area contributed by atoms with Gasteiger partial charge in [-0.25, -0.2) is 4.79 Å². The van der Waals surface area contributed by atoms with E-state index in [0.29, 0.717) is 4.57 Å². The van der Waals surface area contributed by atoms with Crippen LogP contribution in [0, 0.1) is 18.3 Å². The van der Waals surface area contributed by atoms with Crippen molar-refractivity contribution in [1.82, 2.24) is 9.55 Å². The molecule has 22 heavy (non-hydrogen) atoms. The van der Waals surface area contributed by atoms with Gasteiger partial charge in [-0.15, -0.1) is 6.42 Å². The smallest absolute Gasteiger partial charge is 0.392 e. The number of nitrogens with two attached hydrogens (primary N) is 1. The van der Waals surface area contributed by atoms with Gasteiger partial charge < -0.3 is 20.7 Å². The summed E-state index contributed by atoms with van der Waals surface area (Å²) in [4.78, 5) is 15.0. The van der Waals surface area contributed by atoms with Gasteiger partial charge in [-0.05, 0) is 6.07 Å². The number of nitrogens with zero attached hydrogens (tertiary/aromatic N) is 2. The van der Waals surface area contributed by atoms with E-state index >= 15 is 0 Å². The van der Waals surface area contributed by atoms with Crippen LogP contribution in [-0.4, -0.2) is 44.3 Å². The molecular weight excluding hydrogens is 307 g/mol. The molecule has 0 bridgehead atoms. The molecule has 1 aliphatic rings. The quantitative estimate of drug-likeness (QED) is 0.619. The molecule has 0 radical (unpaired) electrons. The van der Waals surface area contributed by atoms with Crippen LogP contribution in [0.25, 0.3) is 0 Å². The minimum absolute atomic E-state index is 0.186. The molecule has 4 atom stereocenters. The Balaban J connectivity index is 2.58. The predicted molar refractivity (Wildman–Crippen MR) is 67.2 cm³/mol. The minimum Gasteiger partial charge on any atom is -0.392 e. The fraction of sp³-hybridized carbons (Fsp3) is 0.500. The molecule has 0 spiro atoms. The summed E-state index contributed by atoms with van der Waals surface area (Å²) in [6.07, 6.45) is -3.12. The summed E-state index contributed by atoms with van der Waals surface area (Å²) in [7, 11) is 0. The van der Waals surface area contributed by atoms with Crippen LogP contribution in [0.3, 0.4) is 0 Å². The molecule has 10 heteroatoms. The normalized spacial score (nSPS) is 31.9. The molecule has 1 saturated heterocycles.